The Hall–Kier alpha value is -4.03. The lowest BCUT2D eigenvalue weighted by Crippen LogP contribution is -2.47. The van der Waals surface area contributed by atoms with Crippen LogP contribution in [0.15, 0.2) is 42.9 Å². The number of piperazine rings is 1. The molecule has 0 aliphatic carbocycles. The topological polar surface area (TPSA) is 126 Å². The van der Waals surface area contributed by atoms with Crippen LogP contribution < -0.4 is 16.0 Å². The van der Waals surface area contributed by atoms with E-state index >= 15 is 0 Å². The van der Waals surface area contributed by atoms with E-state index in [-0.39, 0.29) is 18.0 Å². The lowest BCUT2D eigenvalue weighted by atomic mass is 10.1. The van der Waals surface area contributed by atoms with Crippen LogP contribution in [0.25, 0.3) is 16.9 Å². The molecule has 0 spiro atoms. The predicted molar refractivity (Wildman–Crippen MR) is 159 cm³/mol. The van der Waals surface area contributed by atoms with E-state index in [4.69, 9.17) is 15.7 Å². The van der Waals surface area contributed by atoms with E-state index in [1.165, 1.54) is 0 Å². The molecule has 0 unspecified atom stereocenters. The van der Waals surface area contributed by atoms with Crippen molar-refractivity contribution >= 4 is 28.8 Å². The molecule has 0 radical (unpaired) electrons. The minimum absolute atomic E-state index is 0.0252. The zero-order chi connectivity index (χ0) is 28.5. The van der Waals surface area contributed by atoms with Crippen LogP contribution in [0, 0.1) is 0 Å². The van der Waals surface area contributed by atoms with Gasteiger partial charge in [0.15, 0.2) is 22.7 Å². The summed E-state index contributed by atoms with van der Waals surface area (Å²) in [6, 6.07) is 10.3. The van der Waals surface area contributed by atoms with Crippen molar-refractivity contribution in [2.24, 2.45) is 5.73 Å². The second-order valence-corrected chi connectivity index (χ2v) is 11.3. The Kier molecular flexibility index (Phi) is 7.59. The quantitative estimate of drug-likeness (QED) is 0.352. The van der Waals surface area contributed by atoms with Crippen LogP contribution in [0.4, 0.5) is 11.8 Å². The SMILES string of the molecule is CC(C)n1cnc2c(NCc3ccccc3-n3ccc(C(=O)N4CCN(C)CC4)n3)nc(N3CCC(N)CC3)nc21. The van der Waals surface area contributed by atoms with Crippen LogP contribution in [-0.2, 0) is 6.54 Å². The van der Waals surface area contributed by atoms with Gasteiger partial charge in [0, 0.05) is 64.1 Å². The Morgan fingerprint density at radius 3 is 2.56 bits per heavy atom. The van der Waals surface area contributed by atoms with Crippen molar-refractivity contribution in [3.05, 3.63) is 54.1 Å². The molecule has 12 heteroatoms. The molecule has 0 atom stereocenters. The summed E-state index contributed by atoms with van der Waals surface area (Å²) in [5.74, 6) is 1.37. The molecule has 3 aromatic heterocycles. The lowest BCUT2D eigenvalue weighted by Gasteiger charge is -2.31. The maximum atomic E-state index is 13.1. The molecule has 0 saturated carbocycles. The molecule has 2 aliphatic rings. The van der Waals surface area contributed by atoms with Gasteiger partial charge >= 0.3 is 0 Å². The molecule has 0 bridgehead atoms. The van der Waals surface area contributed by atoms with Crippen molar-refractivity contribution in [3.8, 4) is 5.69 Å². The van der Waals surface area contributed by atoms with Crippen LogP contribution >= 0.6 is 0 Å². The van der Waals surface area contributed by atoms with E-state index in [0.717, 1.165) is 74.5 Å². The number of nitrogens with two attached hydrogens (primary N) is 1. The molecular formula is C29H39N11O. The molecule has 2 fully saturated rings. The highest BCUT2D eigenvalue weighted by Crippen LogP contribution is 2.27. The van der Waals surface area contributed by atoms with Gasteiger partial charge in [0.1, 0.15) is 0 Å². The number of piperidine rings is 1. The standard InChI is InChI=1S/C29H39N11O/c1-20(2)39-19-32-25-26(33-29(34-27(25)39)38-11-8-22(30)9-12-38)31-18-21-6-4-5-7-24(21)40-13-10-23(35-40)28(41)37-16-14-36(3)15-17-37/h4-7,10,13,19-20,22H,8-9,11-12,14-18,30H2,1-3H3,(H,31,33,34). The van der Waals surface area contributed by atoms with Crippen LogP contribution in [0.1, 0.15) is 48.8 Å². The Balaban J connectivity index is 1.25. The van der Waals surface area contributed by atoms with Crippen molar-refractivity contribution in [3.63, 3.8) is 0 Å². The van der Waals surface area contributed by atoms with Crippen LogP contribution in [-0.4, -0.2) is 97.4 Å². The number of benzene rings is 1. The average Bonchev–Trinajstić information content (AvgIpc) is 3.65. The van der Waals surface area contributed by atoms with Gasteiger partial charge < -0.3 is 30.3 Å². The Morgan fingerprint density at radius 2 is 1.80 bits per heavy atom. The zero-order valence-electron chi connectivity index (χ0n) is 24.1. The fourth-order valence-electron chi connectivity index (χ4n) is 5.45. The summed E-state index contributed by atoms with van der Waals surface area (Å²) in [5.41, 5.74) is 10.1. The van der Waals surface area contributed by atoms with E-state index in [0.29, 0.717) is 24.0 Å². The molecule has 1 amide bonds. The molecule has 5 heterocycles. The molecule has 1 aromatic carbocycles. The number of anilines is 2. The zero-order valence-corrected chi connectivity index (χ0v) is 24.1. The van der Waals surface area contributed by atoms with Gasteiger partial charge in [-0.2, -0.15) is 15.1 Å². The first-order valence-corrected chi connectivity index (χ1v) is 14.5. The van der Waals surface area contributed by atoms with Crippen LogP contribution in [0.5, 0.6) is 0 Å². The molecule has 41 heavy (non-hydrogen) atoms. The lowest BCUT2D eigenvalue weighted by molar-refractivity contribution is 0.0657. The minimum Gasteiger partial charge on any atom is -0.364 e. The number of nitrogens with zero attached hydrogens (tertiary/aromatic N) is 9. The number of amides is 1. The molecule has 2 saturated heterocycles. The number of likely N-dealkylation sites (N-methyl/N-ethyl adjacent to an activating group) is 1. The fraction of sp³-hybridized carbons (Fsp3) is 0.483. The Labute approximate surface area is 240 Å². The van der Waals surface area contributed by atoms with E-state index < -0.39 is 0 Å². The largest absolute Gasteiger partial charge is 0.364 e. The van der Waals surface area contributed by atoms with Gasteiger partial charge in [-0.05, 0) is 51.4 Å². The van der Waals surface area contributed by atoms with Gasteiger partial charge in [-0.15, -0.1) is 0 Å². The normalized spacial score (nSPS) is 17.1. The molecule has 6 rings (SSSR count). The number of carbonyl (C=O) groups is 1. The summed E-state index contributed by atoms with van der Waals surface area (Å²) in [5, 5.41) is 8.21. The first kappa shape index (κ1) is 27.2. The predicted octanol–water partition coefficient (Wildman–Crippen LogP) is 2.52. The van der Waals surface area contributed by atoms with Gasteiger partial charge in [-0.3, -0.25) is 4.79 Å². The number of nitrogens with one attached hydrogen (secondary N) is 1. The number of imidazole rings is 1. The molecule has 4 aromatic rings. The minimum atomic E-state index is -0.0252. The molecule has 3 N–H and O–H groups in total. The molecule has 2 aliphatic heterocycles. The third-order valence-electron chi connectivity index (χ3n) is 8.07. The highest BCUT2D eigenvalue weighted by Gasteiger charge is 2.24. The third kappa shape index (κ3) is 5.62. The average molecular weight is 558 g/mol. The van der Waals surface area contributed by atoms with Gasteiger partial charge in [-0.25, -0.2) is 9.67 Å². The molecular weight excluding hydrogens is 518 g/mol. The summed E-state index contributed by atoms with van der Waals surface area (Å²) < 4.78 is 3.86. The first-order valence-electron chi connectivity index (χ1n) is 14.5. The highest BCUT2D eigenvalue weighted by molar-refractivity contribution is 5.92. The number of fused-ring (bicyclic) bond motifs is 1. The number of aromatic nitrogens is 6. The second kappa shape index (κ2) is 11.5. The van der Waals surface area contributed by atoms with Gasteiger partial charge in [0.25, 0.3) is 5.91 Å². The fourth-order valence-corrected chi connectivity index (χ4v) is 5.45. The molecule has 216 valence electrons. The summed E-state index contributed by atoms with van der Waals surface area (Å²) in [7, 11) is 2.08. The number of para-hydroxylation sites is 1. The first-order chi connectivity index (χ1) is 19.9. The van der Waals surface area contributed by atoms with Crippen LogP contribution in [0.2, 0.25) is 0 Å². The van der Waals surface area contributed by atoms with E-state index in [2.05, 4.69) is 56.7 Å². The van der Waals surface area contributed by atoms with Crippen molar-refractivity contribution in [1.29, 1.82) is 0 Å². The maximum absolute atomic E-state index is 13.1. The summed E-state index contributed by atoms with van der Waals surface area (Å²) in [6.45, 7) is 9.60. The summed E-state index contributed by atoms with van der Waals surface area (Å²) in [6.07, 6.45) is 5.53. The van der Waals surface area contributed by atoms with E-state index in [1.54, 1.807) is 10.7 Å². The number of carbonyl (C=O) groups excluding carboxylic acids is 1. The maximum Gasteiger partial charge on any atom is 0.274 e. The number of hydrogen-bond acceptors (Lipinski definition) is 9. The van der Waals surface area contributed by atoms with Gasteiger partial charge in [-0.1, -0.05) is 18.2 Å². The molecule has 12 nitrogen and oxygen atoms in total. The van der Waals surface area contributed by atoms with Crippen molar-refractivity contribution in [2.75, 3.05) is 56.5 Å². The van der Waals surface area contributed by atoms with Gasteiger partial charge in [0.05, 0.1) is 12.0 Å². The van der Waals surface area contributed by atoms with E-state index in [9.17, 15) is 4.79 Å². The van der Waals surface area contributed by atoms with Crippen molar-refractivity contribution < 1.29 is 4.79 Å². The van der Waals surface area contributed by atoms with E-state index in [1.807, 2.05) is 35.6 Å². The summed E-state index contributed by atoms with van der Waals surface area (Å²) in [4.78, 5) is 33.9. The smallest absolute Gasteiger partial charge is 0.274 e. The van der Waals surface area contributed by atoms with Crippen LogP contribution in [0.3, 0.4) is 0 Å². The highest BCUT2D eigenvalue weighted by atomic mass is 16.2. The van der Waals surface area contributed by atoms with Crippen molar-refractivity contribution in [1.82, 2.24) is 39.1 Å². The number of rotatable bonds is 7. The van der Waals surface area contributed by atoms with Crippen molar-refractivity contribution in [2.45, 2.75) is 45.3 Å². The Morgan fingerprint density at radius 1 is 1.05 bits per heavy atom. The monoisotopic (exact) mass is 557 g/mol. The van der Waals surface area contributed by atoms with Gasteiger partial charge in [0.2, 0.25) is 5.95 Å². The third-order valence-corrected chi connectivity index (χ3v) is 8.07. The second-order valence-electron chi connectivity index (χ2n) is 11.3. The Bertz CT molecular complexity index is 1510. The summed E-state index contributed by atoms with van der Waals surface area (Å²) >= 11 is 0. The number of hydrogen-bond donors (Lipinski definition) is 2.